The van der Waals surface area contributed by atoms with Crippen molar-refractivity contribution in [2.24, 2.45) is 5.92 Å². The molecule has 4 atom stereocenters. The van der Waals surface area contributed by atoms with E-state index >= 15 is 0 Å². The predicted molar refractivity (Wildman–Crippen MR) is 139 cm³/mol. The Bertz CT molecular complexity index is 622. The quantitative estimate of drug-likeness (QED) is 0.141. The number of carbonyl (C=O) groups is 3. The summed E-state index contributed by atoms with van der Waals surface area (Å²) in [5.74, 6) is -0.661. The average Bonchev–Trinajstić information content (AvgIpc) is 3.27. The molecule has 0 spiro atoms. The normalized spacial score (nSPS) is 22.4. The Morgan fingerprint density at radius 1 is 0.886 bits per heavy atom. The van der Waals surface area contributed by atoms with Gasteiger partial charge in [-0.1, -0.05) is 104 Å². The molecule has 0 aromatic rings. The number of unbranched alkanes of at least 4 members (excludes halogenated alkanes) is 14. The van der Waals surface area contributed by atoms with Crippen molar-refractivity contribution in [3.05, 3.63) is 0 Å². The Hall–Kier alpha value is -1.59. The minimum Gasteiger partial charge on any atom is -0.461 e. The van der Waals surface area contributed by atoms with Crippen molar-refractivity contribution in [2.45, 2.75) is 161 Å². The molecule has 1 N–H and O–H groups in total. The Labute approximate surface area is 213 Å². The number of hydrogen-bond donors (Lipinski definition) is 1. The van der Waals surface area contributed by atoms with Gasteiger partial charge in [0.15, 0.2) is 0 Å². The first-order valence-corrected chi connectivity index (χ1v) is 14.8. The molecule has 2 heterocycles. The fraction of sp³-hybridized carbons (Fsp3) is 0.897. The molecular formula is C29H51NO5. The summed E-state index contributed by atoms with van der Waals surface area (Å²) in [5, 5.41) is 2.69. The molecule has 2 fully saturated rings. The molecule has 0 aromatic heterocycles. The van der Waals surface area contributed by atoms with Crippen LogP contribution in [0.15, 0.2) is 0 Å². The number of carbonyl (C=O) groups excluding carboxylic acids is 3. The first-order chi connectivity index (χ1) is 17.0. The monoisotopic (exact) mass is 493 g/mol. The molecule has 6 nitrogen and oxygen atoms in total. The number of hydrogen-bond acceptors (Lipinski definition) is 5. The van der Waals surface area contributed by atoms with Crippen LogP contribution in [-0.4, -0.2) is 36.1 Å². The number of cyclic esters (lactones) is 1. The van der Waals surface area contributed by atoms with Crippen LogP contribution in [0.1, 0.15) is 142 Å². The van der Waals surface area contributed by atoms with Gasteiger partial charge in [0.05, 0.1) is 5.92 Å². The Morgan fingerprint density at radius 2 is 1.43 bits per heavy atom. The van der Waals surface area contributed by atoms with E-state index in [2.05, 4.69) is 12.2 Å². The van der Waals surface area contributed by atoms with Gasteiger partial charge in [-0.25, -0.2) is 4.79 Å². The van der Waals surface area contributed by atoms with Gasteiger partial charge in [0.2, 0.25) is 5.91 Å². The highest BCUT2D eigenvalue weighted by Crippen LogP contribution is 2.31. The highest BCUT2D eigenvalue weighted by molar-refractivity contribution is 5.88. The van der Waals surface area contributed by atoms with E-state index in [0.29, 0.717) is 19.3 Å². The second-order valence-corrected chi connectivity index (χ2v) is 10.7. The molecule has 35 heavy (non-hydrogen) atoms. The van der Waals surface area contributed by atoms with E-state index in [-0.39, 0.29) is 36.0 Å². The SMILES string of the molecule is CCCCCCCCCCCCCCCCC[C@@H](C[C@@H]1OC(=O)[C@H]1CC)OC(=O)[C@@H]1CCC(=O)N1. The van der Waals surface area contributed by atoms with Gasteiger partial charge in [0.25, 0.3) is 0 Å². The average molecular weight is 494 g/mol. The lowest BCUT2D eigenvalue weighted by Gasteiger charge is -2.36. The van der Waals surface area contributed by atoms with Crippen LogP contribution in [0.25, 0.3) is 0 Å². The van der Waals surface area contributed by atoms with Crippen molar-refractivity contribution < 1.29 is 23.9 Å². The van der Waals surface area contributed by atoms with Crippen LogP contribution < -0.4 is 5.32 Å². The summed E-state index contributed by atoms with van der Waals surface area (Å²) in [6.07, 6.45) is 22.3. The largest absolute Gasteiger partial charge is 0.461 e. The summed E-state index contributed by atoms with van der Waals surface area (Å²) in [6.45, 7) is 4.26. The number of esters is 2. The molecule has 202 valence electrons. The Morgan fingerprint density at radius 3 is 1.89 bits per heavy atom. The predicted octanol–water partition coefficient (Wildman–Crippen LogP) is 6.78. The number of nitrogens with one attached hydrogen (secondary N) is 1. The lowest BCUT2D eigenvalue weighted by atomic mass is 9.89. The van der Waals surface area contributed by atoms with Crippen LogP contribution in [0.3, 0.4) is 0 Å². The summed E-state index contributed by atoms with van der Waals surface area (Å²) in [7, 11) is 0. The second kappa shape index (κ2) is 17.8. The van der Waals surface area contributed by atoms with E-state index in [9.17, 15) is 14.4 Å². The number of rotatable bonds is 21. The Kier molecular flexibility index (Phi) is 15.1. The highest BCUT2D eigenvalue weighted by Gasteiger charge is 2.43. The van der Waals surface area contributed by atoms with Crippen LogP contribution in [0.4, 0.5) is 0 Å². The highest BCUT2D eigenvalue weighted by atomic mass is 16.6. The van der Waals surface area contributed by atoms with Gasteiger partial charge in [-0.3, -0.25) is 9.59 Å². The maximum atomic E-state index is 12.5. The lowest BCUT2D eigenvalue weighted by Crippen LogP contribution is -2.47. The zero-order chi connectivity index (χ0) is 25.3. The molecule has 0 radical (unpaired) electrons. The molecule has 0 aliphatic carbocycles. The molecular weight excluding hydrogens is 442 g/mol. The molecule has 6 heteroatoms. The molecule has 2 aliphatic heterocycles. The van der Waals surface area contributed by atoms with Crippen molar-refractivity contribution in [2.75, 3.05) is 0 Å². The second-order valence-electron chi connectivity index (χ2n) is 10.7. The van der Waals surface area contributed by atoms with Crippen molar-refractivity contribution in [1.82, 2.24) is 5.32 Å². The number of amides is 1. The molecule has 0 saturated carbocycles. The zero-order valence-electron chi connectivity index (χ0n) is 22.5. The summed E-state index contributed by atoms with van der Waals surface area (Å²) in [5.41, 5.74) is 0. The first-order valence-electron chi connectivity index (χ1n) is 14.8. The van der Waals surface area contributed by atoms with Gasteiger partial charge in [-0.05, 0) is 25.7 Å². The van der Waals surface area contributed by atoms with E-state index < -0.39 is 6.04 Å². The van der Waals surface area contributed by atoms with Gasteiger partial charge < -0.3 is 14.8 Å². The Balaban J connectivity index is 1.54. The van der Waals surface area contributed by atoms with Gasteiger partial charge in [-0.15, -0.1) is 0 Å². The third-order valence-electron chi connectivity index (χ3n) is 7.65. The fourth-order valence-electron chi connectivity index (χ4n) is 5.30. The minimum atomic E-state index is -0.531. The van der Waals surface area contributed by atoms with Crippen LogP contribution in [-0.2, 0) is 23.9 Å². The summed E-state index contributed by atoms with van der Waals surface area (Å²) in [6, 6.07) is -0.531. The smallest absolute Gasteiger partial charge is 0.328 e. The summed E-state index contributed by atoms with van der Waals surface area (Å²) < 4.78 is 11.1. The molecule has 1 amide bonds. The molecule has 0 unspecified atom stereocenters. The molecule has 2 rings (SSSR count). The summed E-state index contributed by atoms with van der Waals surface area (Å²) >= 11 is 0. The molecule has 2 aliphatic rings. The van der Waals surface area contributed by atoms with Crippen LogP contribution in [0.2, 0.25) is 0 Å². The van der Waals surface area contributed by atoms with Crippen molar-refractivity contribution in [1.29, 1.82) is 0 Å². The third kappa shape index (κ3) is 11.8. The maximum Gasteiger partial charge on any atom is 0.328 e. The standard InChI is InChI=1S/C29H51NO5/c1-3-5-6-7-8-9-10-11-12-13-14-15-16-17-18-19-23(22-26-24(4-2)28(32)35-26)34-29(33)25-20-21-27(31)30-25/h23-26H,3-22H2,1-2H3,(H,30,31)/t23-,24-,25-,26-/m0/s1. The van der Waals surface area contributed by atoms with E-state index in [1.165, 1.54) is 83.5 Å². The molecule has 2 saturated heterocycles. The topological polar surface area (TPSA) is 81.7 Å². The van der Waals surface area contributed by atoms with Crippen LogP contribution in [0, 0.1) is 5.92 Å². The summed E-state index contributed by atoms with van der Waals surface area (Å²) in [4.78, 5) is 35.6. The van der Waals surface area contributed by atoms with E-state index in [4.69, 9.17) is 9.47 Å². The van der Waals surface area contributed by atoms with Gasteiger partial charge in [0, 0.05) is 12.8 Å². The van der Waals surface area contributed by atoms with Crippen LogP contribution in [0.5, 0.6) is 0 Å². The van der Waals surface area contributed by atoms with E-state index in [1.54, 1.807) is 0 Å². The number of ether oxygens (including phenoxy) is 2. The maximum absolute atomic E-state index is 12.5. The van der Waals surface area contributed by atoms with E-state index in [0.717, 1.165) is 25.7 Å². The fourth-order valence-corrected chi connectivity index (χ4v) is 5.30. The van der Waals surface area contributed by atoms with Gasteiger partial charge in [0.1, 0.15) is 18.2 Å². The van der Waals surface area contributed by atoms with Gasteiger partial charge in [-0.2, -0.15) is 0 Å². The van der Waals surface area contributed by atoms with E-state index in [1.807, 2.05) is 6.92 Å². The van der Waals surface area contributed by atoms with Crippen molar-refractivity contribution in [3.63, 3.8) is 0 Å². The van der Waals surface area contributed by atoms with Gasteiger partial charge >= 0.3 is 11.9 Å². The first kappa shape index (κ1) is 29.6. The lowest BCUT2D eigenvalue weighted by molar-refractivity contribution is -0.189. The molecule has 0 bridgehead atoms. The zero-order valence-corrected chi connectivity index (χ0v) is 22.5. The van der Waals surface area contributed by atoms with Crippen molar-refractivity contribution >= 4 is 17.8 Å². The minimum absolute atomic E-state index is 0.0801. The molecule has 0 aromatic carbocycles. The third-order valence-corrected chi connectivity index (χ3v) is 7.65. The van der Waals surface area contributed by atoms with Crippen molar-refractivity contribution in [3.8, 4) is 0 Å². The van der Waals surface area contributed by atoms with Crippen LogP contribution >= 0.6 is 0 Å².